The first-order chi connectivity index (χ1) is 5.62. The number of nitrogens with two attached hydrogens (primary N) is 1. The van der Waals surface area contributed by atoms with Crippen molar-refractivity contribution in [3.05, 3.63) is 10.4 Å². The zero-order valence-corrected chi connectivity index (χ0v) is 8.44. The fourth-order valence-electron chi connectivity index (χ4n) is 0.912. The molecule has 0 aliphatic carbocycles. The molecule has 0 aromatic carbocycles. The van der Waals surface area contributed by atoms with Crippen molar-refractivity contribution in [1.29, 1.82) is 0 Å². The van der Waals surface area contributed by atoms with E-state index in [1.165, 1.54) is 0 Å². The highest BCUT2D eigenvalue weighted by Gasteiger charge is 2.27. The lowest BCUT2D eigenvalue weighted by Gasteiger charge is -2.23. The number of ether oxygens (including phenoxy) is 1. The molecule has 1 aromatic rings. The fourth-order valence-corrected chi connectivity index (χ4v) is 1.83. The molecule has 0 bridgehead atoms. The molecule has 0 spiro atoms. The van der Waals surface area contributed by atoms with E-state index in [9.17, 15) is 0 Å². The number of thiazole rings is 1. The lowest BCUT2D eigenvalue weighted by atomic mass is 10.1. The molecule has 2 N–H and O–H groups in total. The van der Waals surface area contributed by atoms with Crippen molar-refractivity contribution in [2.75, 3.05) is 12.8 Å². The number of anilines is 1. The van der Waals surface area contributed by atoms with Crippen molar-refractivity contribution in [2.24, 2.45) is 0 Å². The van der Waals surface area contributed by atoms with Gasteiger partial charge in [-0.05, 0) is 13.3 Å². The lowest BCUT2D eigenvalue weighted by molar-refractivity contribution is -0.00147. The SMILES string of the molecule is CCC(C)(OC)c1nc(N)cs1. The third-order valence-electron chi connectivity index (χ3n) is 2.10. The molecule has 0 aliphatic heterocycles. The highest BCUT2D eigenvalue weighted by Crippen LogP contribution is 2.30. The van der Waals surface area contributed by atoms with E-state index < -0.39 is 0 Å². The minimum absolute atomic E-state index is 0.276. The number of methoxy groups -OCH3 is 1. The van der Waals surface area contributed by atoms with Crippen LogP contribution in [0.25, 0.3) is 0 Å². The normalized spacial score (nSPS) is 15.9. The van der Waals surface area contributed by atoms with Gasteiger partial charge < -0.3 is 10.5 Å². The molecule has 3 nitrogen and oxygen atoms in total. The van der Waals surface area contributed by atoms with Gasteiger partial charge in [0.15, 0.2) is 0 Å². The molecule has 0 radical (unpaired) electrons. The Kier molecular flexibility index (Phi) is 2.69. The van der Waals surface area contributed by atoms with Gasteiger partial charge in [-0.15, -0.1) is 11.3 Å². The molecule has 0 saturated carbocycles. The van der Waals surface area contributed by atoms with Gasteiger partial charge in [0.25, 0.3) is 0 Å². The minimum Gasteiger partial charge on any atom is -0.383 e. The summed E-state index contributed by atoms with van der Waals surface area (Å²) in [4.78, 5) is 4.20. The topological polar surface area (TPSA) is 48.1 Å². The second kappa shape index (κ2) is 3.41. The Balaban J connectivity index is 2.94. The van der Waals surface area contributed by atoms with Crippen LogP contribution in [0.3, 0.4) is 0 Å². The first-order valence-electron chi connectivity index (χ1n) is 3.89. The van der Waals surface area contributed by atoms with Crippen LogP contribution in [-0.4, -0.2) is 12.1 Å². The molecular weight excluding hydrogens is 172 g/mol. The number of hydrogen-bond donors (Lipinski definition) is 1. The van der Waals surface area contributed by atoms with E-state index in [1.807, 2.05) is 12.3 Å². The summed E-state index contributed by atoms with van der Waals surface area (Å²) in [6.07, 6.45) is 0.899. The average Bonchev–Trinajstić information content (AvgIpc) is 2.51. The maximum Gasteiger partial charge on any atom is 0.134 e. The Bertz CT molecular complexity index is 255. The molecule has 1 heterocycles. The summed E-state index contributed by atoms with van der Waals surface area (Å²) in [5.41, 5.74) is 5.25. The van der Waals surface area contributed by atoms with Crippen LogP contribution in [0.2, 0.25) is 0 Å². The molecule has 12 heavy (non-hydrogen) atoms. The Morgan fingerprint density at radius 3 is 2.75 bits per heavy atom. The van der Waals surface area contributed by atoms with Crippen molar-refractivity contribution in [3.8, 4) is 0 Å². The van der Waals surface area contributed by atoms with Crippen LogP contribution in [-0.2, 0) is 10.3 Å². The van der Waals surface area contributed by atoms with Gasteiger partial charge in [0.2, 0.25) is 0 Å². The summed E-state index contributed by atoms with van der Waals surface area (Å²) in [5, 5.41) is 2.78. The van der Waals surface area contributed by atoms with E-state index in [4.69, 9.17) is 10.5 Å². The lowest BCUT2D eigenvalue weighted by Crippen LogP contribution is -2.22. The first kappa shape index (κ1) is 9.48. The van der Waals surface area contributed by atoms with E-state index in [2.05, 4.69) is 11.9 Å². The van der Waals surface area contributed by atoms with Gasteiger partial charge in [0.05, 0.1) is 0 Å². The summed E-state index contributed by atoms with van der Waals surface area (Å²) >= 11 is 1.54. The molecule has 0 aliphatic rings. The fraction of sp³-hybridized carbons (Fsp3) is 0.625. The second-order valence-electron chi connectivity index (χ2n) is 2.87. The van der Waals surface area contributed by atoms with Crippen LogP contribution in [0.15, 0.2) is 5.38 Å². The third kappa shape index (κ3) is 1.59. The van der Waals surface area contributed by atoms with Crippen molar-refractivity contribution in [1.82, 2.24) is 4.98 Å². The Morgan fingerprint density at radius 1 is 1.75 bits per heavy atom. The number of rotatable bonds is 3. The average molecular weight is 186 g/mol. The summed E-state index contributed by atoms with van der Waals surface area (Å²) in [5.74, 6) is 0.576. The highest BCUT2D eigenvalue weighted by atomic mass is 32.1. The number of nitrogen functional groups attached to an aromatic ring is 1. The quantitative estimate of drug-likeness (QED) is 0.785. The minimum atomic E-state index is -0.276. The largest absolute Gasteiger partial charge is 0.383 e. The number of nitrogens with zero attached hydrogens (tertiary/aromatic N) is 1. The predicted molar refractivity (Wildman–Crippen MR) is 51.2 cm³/mol. The molecule has 1 atom stereocenters. The van der Waals surface area contributed by atoms with E-state index >= 15 is 0 Å². The second-order valence-corrected chi connectivity index (χ2v) is 3.72. The van der Waals surface area contributed by atoms with Gasteiger partial charge >= 0.3 is 0 Å². The highest BCUT2D eigenvalue weighted by molar-refractivity contribution is 7.10. The van der Waals surface area contributed by atoms with E-state index in [-0.39, 0.29) is 5.60 Å². The van der Waals surface area contributed by atoms with Crippen LogP contribution in [0, 0.1) is 0 Å². The van der Waals surface area contributed by atoms with Crippen LogP contribution in [0.1, 0.15) is 25.3 Å². The maximum absolute atomic E-state index is 5.53. The van der Waals surface area contributed by atoms with Gasteiger partial charge in [-0.25, -0.2) is 4.98 Å². The Morgan fingerprint density at radius 2 is 2.42 bits per heavy atom. The standard InChI is InChI=1S/C8H14N2OS/c1-4-8(2,11-3)7-10-6(9)5-12-7/h5H,4,9H2,1-3H3. The monoisotopic (exact) mass is 186 g/mol. The van der Waals surface area contributed by atoms with Gasteiger partial charge in [-0.3, -0.25) is 0 Å². The van der Waals surface area contributed by atoms with Crippen molar-refractivity contribution < 1.29 is 4.74 Å². The molecule has 4 heteroatoms. The third-order valence-corrected chi connectivity index (χ3v) is 3.21. The van der Waals surface area contributed by atoms with E-state index in [0.29, 0.717) is 5.82 Å². The molecule has 0 amide bonds. The van der Waals surface area contributed by atoms with Gasteiger partial charge in [0, 0.05) is 12.5 Å². The number of aromatic nitrogens is 1. The molecular formula is C8H14N2OS. The van der Waals surface area contributed by atoms with Crippen LogP contribution in [0.5, 0.6) is 0 Å². The smallest absolute Gasteiger partial charge is 0.134 e. The van der Waals surface area contributed by atoms with Crippen molar-refractivity contribution in [3.63, 3.8) is 0 Å². The zero-order valence-electron chi connectivity index (χ0n) is 7.63. The van der Waals surface area contributed by atoms with Crippen LogP contribution in [0.4, 0.5) is 5.82 Å². The molecule has 68 valence electrons. The van der Waals surface area contributed by atoms with Crippen LogP contribution < -0.4 is 5.73 Å². The van der Waals surface area contributed by atoms with E-state index in [0.717, 1.165) is 11.4 Å². The maximum atomic E-state index is 5.53. The van der Waals surface area contributed by atoms with Crippen molar-refractivity contribution in [2.45, 2.75) is 25.9 Å². The first-order valence-corrected chi connectivity index (χ1v) is 4.77. The summed E-state index contributed by atoms with van der Waals surface area (Å²) < 4.78 is 5.38. The zero-order chi connectivity index (χ0) is 9.19. The number of hydrogen-bond acceptors (Lipinski definition) is 4. The molecule has 1 aromatic heterocycles. The Labute approximate surface area is 76.6 Å². The van der Waals surface area contributed by atoms with Crippen LogP contribution >= 0.6 is 11.3 Å². The predicted octanol–water partition coefficient (Wildman–Crippen LogP) is 2.00. The molecule has 0 saturated heterocycles. The van der Waals surface area contributed by atoms with Gasteiger partial charge in [0.1, 0.15) is 16.4 Å². The molecule has 1 rings (SSSR count). The molecule has 1 unspecified atom stereocenters. The van der Waals surface area contributed by atoms with Gasteiger partial charge in [-0.2, -0.15) is 0 Å². The van der Waals surface area contributed by atoms with Gasteiger partial charge in [-0.1, -0.05) is 6.92 Å². The molecule has 0 fully saturated rings. The summed E-state index contributed by atoms with van der Waals surface area (Å²) in [7, 11) is 1.70. The van der Waals surface area contributed by atoms with Crippen molar-refractivity contribution >= 4 is 17.2 Å². The Hall–Kier alpha value is -0.610. The summed E-state index contributed by atoms with van der Waals surface area (Å²) in [6, 6.07) is 0. The van der Waals surface area contributed by atoms with E-state index in [1.54, 1.807) is 18.4 Å². The summed E-state index contributed by atoms with van der Waals surface area (Å²) in [6.45, 7) is 4.09.